The zero-order chi connectivity index (χ0) is 20.6. The molecule has 166 valence electrons. The number of hydrogen-bond acceptors (Lipinski definition) is 5. The van der Waals surface area contributed by atoms with Crippen molar-refractivity contribution in [3.05, 3.63) is 29.8 Å². The van der Waals surface area contributed by atoms with Crippen LogP contribution in [0, 0.1) is 0 Å². The van der Waals surface area contributed by atoms with Crippen molar-refractivity contribution in [2.24, 2.45) is 0 Å². The van der Waals surface area contributed by atoms with Crippen LogP contribution < -0.4 is 9.46 Å². The van der Waals surface area contributed by atoms with Gasteiger partial charge >= 0.3 is 0 Å². The highest BCUT2D eigenvalue weighted by Crippen LogP contribution is 2.39. The highest BCUT2D eigenvalue weighted by molar-refractivity contribution is 7.90. The van der Waals surface area contributed by atoms with Crippen LogP contribution in [0.4, 0.5) is 0 Å². The Morgan fingerprint density at radius 3 is 2.57 bits per heavy atom. The highest BCUT2D eigenvalue weighted by Gasteiger charge is 2.41. The topological polar surface area (TPSA) is 67.9 Å². The first-order valence-corrected chi connectivity index (χ1v) is 13.2. The first-order chi connectivity index (χ1) is 14.6. The predicted octanol–water partition coefficient (Wildman–Crippen LogP) is 3.04. The summed E-state index contributed by atoms with van der Waals surface area (Å²) < 4.78 is 41.0. The highest BCUT2D eigenvalue weighted by atomic mass is 32.2. The zero-order valence-electron chi connectivity index (χ0n) is 17.7. The second kappa shape index (κ2) is 8.77. The molecule has 3 heterocycles. The summed E-state index contributed by atoms with van der Waals surface area (Å²) in [7, 11) is -3.21. The van der Waals surface area contributed by atoms with Gasteiger partial charge in [0.25, 0.3) is 0 Å². The van der Waals surface area contributed by atoms with Crippen molar-refractivity contribution in [2.75, 3.05) is 26.3 Å². The van der Waals surface area contributed by atoms with E-state index in [0.29, 0.717) is 19.1 Å². The van der Waals surface area contributed by atoms with Crippen LogP contribution in [0.1, 0.15) is 62.8 Å². The van der Waals surface area contributed by atoms with E-state index >= 15 is 0 Å². The monoisotopic (exact) mass is 434 g/mol. The molecule has 2 aliphatic carbocycles. The molecule has 6 nitrogen and oxygen atoms in total. The lowest BCUT2D eigenvalue weighted by molar-refractivity contribution is -0.0284. The van der Waals surface area contributed by atoms with E-state index in [0.717, 1.165) is 70.2 Å². The van der Waals surface area contributed by atoms with Gasteiger partial charge in [-0.2, -0.15) is 0 Å². The van der Waals surface area contributed by atoms with Gasteiger partial charge in [0.15, 0.2) is 0 Å². The van der Waals surface area contributed by atoms with Crippen LogP contribution in [0.3, 0.4) is 0 Å². The maximum absolute atomic E-state index is 12.6. The number of sulfonamides is 1. The second-order valence-electron chi connectivity index (χ2n) is 9.41. The number of ether oxygens (including phenoxy) is 2. The minimum atomic E-state index is -3.21. The Hall–Kier alpha value is -1.15. The first-order valence-electron chi connectivity index (χ1n) is 11.7. The van der Waals surface area contributed by atoms with Crippen molar-refractivity contribution >= 4 is 10.0 Å². The lowest BCUT2D eigenvalue weighted by Crippen LogP contribution is -2.58. The van der Waals surface area contributed by atoms with E-state index in [4.69, 9.17) is 9.47 Å². The predicted molar refractivity (Wildman–Crippen MR) is 116 cm³/mol. The number of hydrogen-bond donors (Lipinski definition) is 1. The van der Waals surface area contributed by atoms with E-state index < -0.39 is 10.0 Å². The summed E-state index contributed by atoms with van der Waals surface area (Å²) in [6, 6.07) is 8.48. The second-order valence-corrected chi connectivity index (χ2v) is 11.4. The van der Waals surface area contributed by atoms with Crippen molar-refractivity contribution in [1.29, 1.82) is 0 Å². The van der Waals surface area contributed by atoms with Gasteiger partial charge in [-0.05, 0) is 75.5 Å². The Labute approximate surface area is 180 Å². The van der Waals surface area contributed by atoms with Crippen LogP contribution in [0.25, 0.3) is 0 Å². The number of nitrogens with one attached hydrogen (secondary N) is 1. The molecule has 7 heteroatoms. The number of fused-ring (bicyclic) bond motifs is 5. The normalized spacial score (nSPS) is 33.3. The van der Waals surface area contributed by atoms with Gasteiger partial charge in [-0.1, -0.05) is 18.2 Å². The lowest BCUT2D eigenvalue weighted by atomic mass is 9.82. The first kappa shape index (κ1) is 20.7. The van der Waals surface area contributed by atoms with E-state index in [2.05, 4.69) is 33.9 Å². The summed E-state index contributed by atoms with van der Waals surface area (Å²) >= 11 is 0. The molecule has 1 N–H and O–H groups in total. The third-order valence-corrected chi connectivity index (χ3v) is 9.32. The minimum Gasteiger partial charge on any atom is -0.492 e. The number of piperidine rings is 1. The van der Waals surface area contributed by atoms with Crippen molar-refractivity contribution in [1.82, 2.24) is 9.62 Å². The summed E-state index contributed by atoms with van der Waals surface area (Å²) in [4.78, 5) is 2.39. The minimum absolute atomic E-state index is 0.0712. The third-order valence-electron chi connectivity index (χ3n) is 7.34. The van der Waals surface area contributed by atoms with Crippen molar-refractivity contribution < 1.29 is 17.9 Å². The molecule has 3 aliphatic heterocycles. The van der Waals surface area contributed by atoms with E-state index in [9.17, 15) is 8.42 Å². The van der Waals surface area contributed by atoms with Crippen LogP contribution in [-0.4, -0.2) is 63.1 Å². The van der Waals surface area contributed by atoms with Crippen molar-refractivity contribution in [3.8, 4) is 5.75 Å². The summed E-state index contributed by atoms with van der Waals surface area (Å²) in [5, 5.41) is -0.182. The van der Waals surface area contributed by atoms with Crippen LogP contribution in [0.5, 0.6) is 5.75 Å². The number of nitrogens with zero attached hydrogens (tertiary/aromatic N) is 1. The van der Waals surface area contributed by atoms with E-state index in [1.807, 2.05) is 0 Å². The Bertz CT molecular complexity index is 833. The Morgan fingerprint density at radius 2 is 1.77 bits per heavy atom. The number of rotatable bonds is 3. The molecule has 5 aliphatic rings. The molecule has 6 rings (SSSR count). The fourth-order valence-electron chi connectivity index (χ4n) is 5.45. The molecule has 1 unspecified atom stereocenters. The summed E-state index contributed by atoms with van der Waals surface area (Å²) in [5.74, 6) is 1.56. The van der Waals surface area contributed by atoms with Gasteiger partial charge < -0.3 is 9.47 Å². The van der Waals surface area contributed by atoms with E-state index in [-0.39, 0.29) is 23.4 Å². The fraction of sp³-hybridized carbons (Fsp3) is 0.739. The number of para-hydroxylation sites is 1. The Morgan fingerprint density at radius 1 is 0.967 bits per heavy atom. The molecule has 0 aromatic heterocycles. The SMILES string of the molecule is O=S(=O)(NC1CCCN2CCOc3ccccc3C3CCC(CC3)OC[C@@H]12)C1CC1. The average Bonchev–Trinajstić information content (AvgIpc) is 3.59. The maximum atomic E-state index is 12.6. The van der Waals surface area contributed by atoms with Gasteiger partial charge in [-0.25, -0.2) is 13.1 Å². The quantitative estimate of drug-likeness (QED) is 0.792. The molecule has 0 spiro atoms. The van der Waals surface area contributed by atoms with Gasteiger partial charge in [-0.3, -0.25) is 4.90 Å². The van der Waals surface area contributed by atoms with Crippen LogP contribution in [0.15, 0.2) is 24.3 Å². The van der Waals surface area contributed by atoms with Crippen molar-refractivity contribution in [2.45, 2.75) is 80.7 Å². The van der Waals surface area contributed by atoms with Gasteiger partial charge in [0, 0.05) is 18.6 Å². The van der Waals surface area contributed by atoms with Gasteiger partial charge in [0.05, 0.1) is 18.0 Å². The largest absolute Gasteiger partial charge is 0.492 e. The smallest absolute Gasteiger partial charge is 0.214 e. The van der Waals surface area contributed by atoms with Crippen LogP contribution in [0.2, 0.25) is 0 Å². The summed E-state index contributed by atoms with van der Waals surface area (Å²) in [6.45, 7) is 2.97. The van der Waals surface area contributed by atoms with Gasteiger partial charge in [-0.15, -0.1) is 0 Å². The maximum Gasteiger partial charge on any atom is 0.214 e. The Kier molecular flexibility index (Phi) is 6.06. The van der Waals surface area contributed by atoms with E-state index in [1.165, 1.54) is 5.56 Å². The molecule has 2 atom stereocenters. The number of benzene rings is 1. The molecule has 1 saturated heterocycles. The fourth-order valence-corrected chi connectivity index (χ4v) is 7.09. The van der Waals surface area contributed by atoms with Crippen LogP contribution in [-0.2, 0) is 14.8 Å². The molecule has 0 amide bonds. The molecular weight excluding hydrogens is 400 g/mol. The Balaban J connectivity index is 1.35. The molecule has 30 heavy (non-hydrogen) atoms. The van der Waals surface area contributed by atoms with Gasteiger partial charge in [0.2, 0.25) is 10.0 Å². The van der Waals surface area contributed by atoms with Crippen molar-refractivity contribution in [3.63, 3.8) is 0 Å². The molecule has 1 aromatic carbocycles. The van der Waals surface area contributed by atoms with E-state index in [1.54, 1.807) is 0 Å². The molecule has 0 radical (unpaired) electrons. The average molecular weight is 435 g/mol. The molecule has 2 bridgehead atoms. The van der Waals surface area contributed by atoms with Gasteiger partial charge in [0.1, 0.15) is 12.4 Å². The standard InChI is InChI=1S/C23H34N2O4S/c26-30(27,19-11-12-19)24-21-5-3-13-25-14-15-28-23-6-2-1-4-20(23)17-7-9-18(10-8-17)29-16-22(21)25/h1-2,4,6,17-19,21-22,24H,3,5,7-16H2/t17?,18?,21?,22-/m0/s1. The third kappa shape index (κ3) is 4.54. The summed E-state index contributed by atoms with van der Waals surface area (Å²) in [5.41, 5.74) is 1.33. The van der Waals surface area contributed by atoms with Crippen LogP contribution >= 0.6 is 0 Å². The molecular formula is C23H34N2O4S. The molecule has 3 fully saturated rings. The molecule has 2 saturated carbocycles. The lowest BCUT2D eigenvalue weighted by Gasteiger charge is -2.42. The molecule has 1 aromatic rings. The zero-order valence-corrected chi connectivity index (χ0v) is 18.5. The summed E-state index contributed by atoms with van der Waals surface area (Å²) in [6.07, 6.45) is 8.11.